The molecule has 1 atom stereocenters. The fourth-order valence-corrected chi connectivity index (χ4v) is 4.35. The highest BCUT2D eigenvalue weighted by atomic mass is 32.1. The summed E-state index contributed by atoms with van der Waals surface area (Å²) in [5, 5.41) is 2.17. The van der Waals surface area contributed by atoms with Crippen molar-refractivity contribution in [3.63, 3.8) is 0 Å². The Bertz CT molecular complexity index is 796. The van der Waals surface area contributed by atoms with Gasteiger partial charge in [-0.05, 0) is 28.6 Å². The van der Waals surface area contributed by atoms with E-state index in [9.17, 15) is 4.39 Å². The number of benzene rings is 2. The number of hydrogen-bond donors (Lipinski definition) is 0. The van der Waals surface area contributed by atoms with Gasteiger partial charge in [-0.25, -0.2) is 4.39 Å². The molecule has 0 fully saturated rings. The number of thiophene rings is 1. The molecule has 23 heavy (non-hydrogen) atoms. The Morgan fingerprint density at radius 2 is 1.78 bits per heavy atom. The number of hydrogen-bond acceptors (Lipinski definition) is 2. The van der Waals surface area contributed by atoms with Gasteiger partial charge in [-0.1, -0.05) is 48.5 Å². The van der Waals surface area contributed by atoms with Crippen LogP contribution in [-0.4, -0.2) is 11.4 Å². The second-order valence-electron chi connectivity index (χ2n) is 6.02. The van der Waals surface area contributed by atoms with Crippen LogP contribution in [-0.2, 0) is 13.1 Å². The van der Waals surface area contributed by atoms with Gasteiger partial charge >= 0.3 is 0 Å². The van der Waals surface area contributed by atoms with Gasteiger partial charge in [-0.15, -0.1) is 11.3 Å². The Morgan fingerprint density at radius 3 is 2.61 bits per heavy atom. The minimum atomic E-state index is -0.110. The molecule has 1 unspecified atom stereocenters. The van der Waals surface area contributed by atoms with Crippen LogP contribution >= 0.6 is 11.3 Å². The molecule has 0 spiro atoms. The molecule has 1 aliphatic rings. The summed E-state index contributed by atoms with van der Waals surface area (Å²) in [4.78, 5) is 3.76. The number of rotatable bonds is 3. The summed E-state index contributed by atoms with van der Waals surface area (Å²) in [5.74, 6) is 0.263. The van der Waals surface area contributed by atoms with Crippen molar-refractivity contribution in [1.29, 1.82) is 0 Å². The van der Waals surface area contributed by atoms with E-state index in [-0.39, 0.29) is 5.82 Å². The van der Waals surface area contributed by atoms with E-state index in [2.05, 4.69) is 46.7 Å². The zero-order valence-electron chi connectivity index (χ0n) is 12.8. The molecule has 0 amide bonds. The molecule has 3 aromatic rings. The first-order chi connectivity index (χ1) is 11.3. The van der Waals surface area contributed by atoms with Crippen molar-refractivity contribution in [2.75, 3.05) is 6.54 Å². The van der Waals surface area contributed by atoms with Crippen LogP contribution in [0.5, 0.6) is 0 Å². The van der Waals surface area contributed by atoms with Gasteiger partial charge < -0.3 is 0 Å². The van der Waals surface area contributed by atoms with Crippen LogP contribution in [0.2, 0.25) is 0 Å². The van der Waals surface area contributed by atoms with E-state index in [0.29, 0.717) is 12.5 Å². The first-order valence-corrected chi connectivity index (χ1v) is 8.76. The number of nitrogens with zero attached hydrogens (tertiary/aromatic N) is 1. The number of fused-ring (bicyclic) bond motifs is 1. The van der Waals surface area contributed by atoms with E-state index in [4.69, 9.17) is 0 Å². The summed E-state index contributed by atoms with van der Waals surface area (Å²) in [6.07, 6.45) is 0. The maximum atomic E-state index is 14.0. The van der Waals surface area contributed by atoms with Crippen LogP contribution in [0.25, 0.3) is 0 Å². The zero-order chi connectivity index (χ0) is 15.6. The van der Waals surface area contributed by atoms with Crippen molar-refractivity contribution in [3.8, 4) is 0 Å². The largest absolute Gasteiger partial charge is 0.293 e. The molecule has 116 valence electrons. The highest BCUT2D eigenvalue weighted by Crippen LogP contribution is 2.36. The predicted molar refractivity (Wildman–Crippen MR) is 93.1 cm³/mol. The lowest BCUT2D eigenvalue weighted by molar-refractivity contribution is 0.232. The molecular formula is C20H18FNS. The molecule has 0 N–H and O–H groups in total. The lowest BCUT2D eigenvalue weighted by atomic mass is 9.88. The lowest BCUT2D eigenvalue weighted by Crippen LogP contribution is -2.33. The van der Waals surface area contributed by atoms with Crippen molar-refractivity contribution in [1.82, 2.24) is 4.90 Å². The normalized spacial score (nSPS) is 17.9. The average Bonchev–Trinajstić information content (AvgIpc) is 3.05. The zero-order valence-corrected chi connectivity index (χ0v) is 13.6. The monoisotopic (exact) mass is 323 g/mol. The van der Waals surface area contributed by atoms with Crippen LogP contribution in [0.3, 0.4) is 0 Å². The second kappa shape index (κ2) is 6.26. The van der Waals surface area contributed by atoms with Crippen LogP contribution < -0.4 is 0 Å². The van der Waals surface area contributed by atoms with Gasteiger partial charge in [0, 0.05) is 36.0 Å². The van der Waals surface area contributed by atoms with Crippen molar-refractivity contribution >= 4 is 11.3 Å². The molecule has 1 nitrogen and oxygen atoms in total. The third kappa shape index (κ3) is 2.94. The summed E-state index contributed by atoms with van der Waals surface area (Å²) in [5.41, 5.74) is 3.55. The first-order valence-electron chi connectivity index (χ1n) is 7.88. The Hall–Kier alpha value is -1.97. The third-order valence-corrected chi connectivity index (χ3v) is 5.44. The molecule has 2 heterocycles. The maximum absolute atomic E-state index is 14.0. The van der Waals surface area contributed by atoms with Crippen LogP contribution in [0, 0.1) is 5.82 Å². The van der Waals surface area contributed by atoms with Crippen molar-refractivity contribution in [2.24, 2.45) is 0 Å². The fourth-order valence-electron chi connectivity index (χ4n) is 3.37. The average molecular weight is 323 g/mol. The summed E-state index contributed by atoms with van der Waals surface area (Å²) in [7, 11) is 0. The highest BCUT2D eigenvalue weighted by molar-refractivity contribution is 7.10. The molecule has 4 rings (SSSR count). The second-order valence-corrected chi connectivity index (χ2v) is 7.02. The Balaban J connectivity index is 1.64. The minimum absolute atomic E-state index is 0.110. The van der Waals surface area contributed by atoms with E-state index in [1.165, 1.54) is 16.0 Å². The molecule has 0 saturated carbocycles. The molecule has 0 aliphatic carbocycles. The topological polar surface area (TPSA) is 3.24 Å². The molecule has 1 aliphatic heterocycles. The van der Waals surface area contributed by atoms with Gasteiger partial charge in [0.1, 0.15) is 5.82 Å². The van der Waals surface area contributed by atoms with Gasteiger partial charge in [0.05, 0.1) is 0 Å². The van der Waals surface area contributed by atoms with Crippen LogP contribution in [0.15, 0.2) is 66.0 Å². The Morgan fingerprint density at radius 1 is 1.00 bits per heavy atom. The van der Waals surface area contributed by atoms with Gasteiger partial charge in [0.15, 0.2) is 0 Å². The minimum Gasteiger partial charge on any atom is -0.293 e. The van der Waals surface area contributed by atoms with Crippen molar-refractivity contribution in [2.45, 2.75) is 19.0 Å². The first kappa shape index (κ1) is 14.6. The number of halogens is 1. The fraction of sp³-hybridized carbons (Fsp3) is 0.200. The molecule has 1 aromatic heterocycles. The van der Waals surface area contributed by atoms with Crippen molar-refractivity contribution < 1.29 is 4.39 Å². The molecule has 0 bridgehead atoms. The molecular weight excluding hydrogens is 305 g/mol. The summed E-state index contributed by atoms with van der Waals surface area (Å²) in [6, 6.07) is 20.0. The van der Waals surface area contributed by atoms with E-state index >= 15 is 0 Å². The lowest BCUT2D eigenvalue weighted by Gasteiger charge is -2.33. The van der Waals surface area contributed by atoms with Gasteiger partial charge in [-0.2, -0.15) is 0 Å². The van der Waals surface area contributed by atoms with E-state index in [1.54, 1.807) is 23.5 Å². The predicted octanol–water partition coefficient (Wildman–Crippen LogP) is 5.03. The third-order valence-electron chi connectivity index (χ3n) is 4.52. The summed E-state index contributed by atoms with van der Waals surface area (Å²) < 4.78 is 14.0. The van der Waals surface area contributed by atoms with Gasteiger partial charge in [0.2, 0.25) is 0 Å². The van der Waals surface area contributed by atoms with E-state index < -0.39 is 0 Å². The highest BCUT2D eigenvalue weighted by Gasteiger charge is 2.27. The maximum Gasteiger partial charge on any atom is 0.127 e. The molecule has 0 radical (unpaired) electrons. The quantitative estimate of drug-likeness (QED) is 0.653. The summed E-state index contributed by atoms with van der Waals surface area (Å²) in [6.45, 7) is 2.50. The molecule has 2 aromatic carbocycles. The molecule has 3 heteroatoms. The Labute approximate surface area is 140 Å². The Kier molecular flexibility index (Phi) is 3.98. The van der Waals surface area contributed by atoms with E-state index in [0.717, 1.165) is 18.7 Å². The summed E-state index contributed by atoms with van der Waals surface area (Å²) >= 11 is 1.81. The smallest absolute Gasteiger partial charge is 0.127 e. The van der Waals surface area contributed by atoms with Crippen LogP contribution in [0.1, 0.15) is 27.5 Å². The molecule has 0 saturated heterocycles. The standard InChI is InChI=1S/C20H18FNS/c21-19-9-5-4-8-16(19)12-22-13-18(15-6-2-1-3-7-15)17-10-11-23-20(17)14-22/h1-11,18H,12-14H2. The van der Waals surface area contributed by atoms with Crippen molar-refractivity contribution in [3.05, 3.63) is 93.4 Å². The van der Waals surface area contributed by atoms with Crippen LogP contribution in [0.4, 0.5) is 4.39 Å². The van der Waals surface area contributed by atoms with E-state index in [1.807, 2.05) is 12.1 Å². The SMILES string of the molecule is Fc1ccccc1CN1Cc2sccc2C(c2ccccc2)C1. The van der Waals surface area contributed by atoms with Gasteiger partial charge in [0.25, 0.3) is 0 Å². The van der Waals surface area contributed by atoms with Gasteiger partial charge in [-0.3, -0.25) is 4.90 Å².